The van der Waals surface area contributed by atoms with Crippen LogP contribution in [0.4, 0.5) is 5.69 Å². The standard InChI is InChI=1S/C24H33N3O3/c1-17-6-8-21(9-7-17)27-16-20(15-22(27)28)23(29)25-13-10-19(11-14-25)24(30)26-12-4-3-5-18(26)2/h6-9,18-20H,3-5,10-16H2,1-2H3/t18-,20+/m1/s1. The molecule has 0 N–H and O–H groups in total. The van der Waals surface area contributed by atoms with E-state index in [1.807, 2.05) is 36.1 Å². The van der Waals surface area contributed by atoms with Gasteiger partial charge in [-0.05, 0) is 58.1 Å². The van der Waals surface area contributed by atoms with E-state index in [0.29, 0.717) is 25.7 Å². The summed E-state index contributed by atoms with van der Waals surface area (Å²) in [7, 11) is 0. The van der Waals surface area contributed by atoms with Gasteiger partial charge in [-0.25, -0.2) is 0 Å². The van der Waals surface area contributed by atoms with E-state index in [1.54, 1.807) is 4.90 Å². The van der Waals surface area contributed by atoms with Gasteiger partial charge < -0.3 is 14.7 Å². The Bertz CT molecular complexity index is 798. The molecular formula is C24H33N3O3. The normalized spacial score (nSPS) is 25.7. The average molecular weight is 412 g/mol. The third-order valence-electron chi connectivity index (χ3n) is 7.06. The number of hydrogen-bond acceptors (Lipinski definition) is 3. The summed E-state index contributed by atoms with van der Waals surface area (Å²) in [6.45, 7) is 6.72. The van der Waals surface area contributed by atoms with Gasteiger partial charge in [0.15, 0.2) is 0 Å². The third-order valence-corrected chi connectivity index (χ3v) is 7.06. The molecule has 1 aromatic carbocycles. The van der Waals surface area contributed by atoms with Crippen molar-refractivity contribution in [1.29, 1.82) is 0 Å². The fourth-order valence-corrected chi connectivity index (χ4v) is 5.11. The Kier molecular flexibility index (Phi) is 6.11. The summed E-state index contributed by atoms with van der Waals surface area (Å²) in [6.07, 6.45) is 5.14. The molecule has 3 aliphatic rings. The van der Waals surface area contributed by atoms with Crippen LogP contribution >= 0.6 is 0 Å². The van der Waals surface area contributed by atoms with E-state index in [4.69, 9.17) is 0 Å². The zero-order valence-corrected chi connectivity index (χ0v) is 18.2. The van der Waals surface area contributed by atoms with E-state index in [-0.39, 0.29) is 36.0 Å². The highest BCUT2D eigenvalue weighted by Crippen LogP contribution is 2.29. The van der Waals surface area contributed by atoms with Gasteiger partial charge in [-0.15, -0.1) is 0 Å². The first-order valence-corrected chi connectivity index (χ1v) is 11.4. The van der Waals surface area contributed by atoms with Gasteiger partial charge in [-0.1, -0.05) is 17.7 Å². The van der Waals surface area contributed by atoms with Crippen LogP contribution in [-0.4, -0.2) is 59.7 Å². The monoisotopic (exact) mass is 411 g/mol. The van der Waals surface area contributed by atoms with E-state index < -0.39 is 0 Å². The Balaban J connectivity index is 1.31. The summed E-state index contributed by atoms with van der Waals surface area (Å²) in [5.41, 5.74) is 2.01. The van der Waals surface area contributed by atoms with Crippen molar-refractivity contribution in [3.8, 4) is 0 Å². The second kappa shape index (κ2) is 8.78. The van der Waals surface area contributed by atoms with Crippen molar-refractivity contribution < 1.29 is 14.4 Å². The van der Waals surface area contributed by atoms with Crippen molar-refractivity contribution in [2.24, 2.45) is 11.8 Å². The van der Waals surface area contributed by atoms with Crippen LogP contribution in [0, 0.1) is 18.8 Å². The molecule has 6 nitrogen and oxygen atoms in total. The first-order valence-electron chi connectivity index (χ1n) is 11.4. The summed E-state index contributed by atoms with van der Waals surface area (Å²) in [5, 5.41) is 0. The Hall–Kier alpha value is -2.37. The van der Waals surface area contributed by atoms with Gasteiger partial charge in [-0.3, -0.25) is 14.4 Å². The lowest BCUT2D eigenvalue weighted by Gasteiger charge is -2.39. The molecule has 0 radical (unpaired) electrons. The molecule has 0 aliphatic carbocycles. The second-order valence-corrected chi connectivity index (χ2v) is 9.22. The van der Waals surface area contributed by atoms with Crippen LogP contribution in [0.15, 0.2) is 24.3 Å². The summed E-state index contributed by atoms with van der Waals surface area (Å²) < 4.78 is 0. The maximum absolute atomic E-state index is 13.1. The fourth-order valence-electron chi connectivity index (χ4n) is 5.11. The third kappa shape index (κ3) is 4.23. The predicted octanol–water partition coefficient (Wildman–Crippen LogP) is 2.99. The van der Waals surface area contributed by atoms with Gasteiger partial charge in [0.25, 0.3) is 0 Å². The molecule has 1 aromatic rings. The maximum Gasteiger partial charge on any atom is 0.228 e. The number of nitrogens with zero attached hydrogens (tertiary/aromatic N) is 3. The quantitative estimate of drug-likeness (QED) is 0.768. The van der Waals surface area contributed by atoms with E-state index >= 15 is 0 Å². The number of likely N-dealkylation sites (tertiary alicyclic amines) is 2. The summed E-state index contributed by atoms with van der Waals surface area (Å²) in [4.78, 5) is 44.2. The maximum atomic E-state index is 13.1. The molecule has 6 heteroatoms. The van der Waals surface area contributed by atoms with Crippen molar-refractivity contribution >= 4 is 23.4 Å². The average Bonchev–Trinajstić information content (AvgIpc) is 3.15. The molecule has 2 atom stereocenters. The fraction of sp³-hybridized carbons (Fsp3) is 0.625. The second-order valence-electron chi connectivity index (χ2n) is 9.22. The Morgan fingerprint density at radius 1 is 0.900 bits per heavy atom. The molecular weight excluding hydrogens is 378 g/mol. The van der Waals surface area contributed by atoms with Crippen LogP contribution in [0.1, 0.15) is 51.0 Å². The van der Waals surface area contributed by atoms with Crippen LogP contribution < -0.4 is 4.90 Å². The van der Waals surface area contributed by atoms with Gasteiger partial charge >= 0.3 is 0 Å². The molecule has 30 heavy (non-hydrogen) atoms. The first kappa shape index (κ1) is 20.9. The highest BCUT2D eigenvalue weighted by atomic mass is 16.2. The zero-order chi connectivity index (χ0) is 21.3. The lowest BCUT2D eigenvalue weighted by Crippen LogP contribution is -2.49. The van der Waals surface area contributed by atoms with Gasteiger partial charge in [0, 0.05) is 50.2 Å². The SMILES string of the molecule is Cc1ccc(N2C[C@@H](C(=O)N3CCC(C(=O)N4CCCC[C@H]4C)CC3)CC2=O)cc1. The minimum Gasteiger partial charge on any atom is -0.342 e. The molecule has 162 valence electrons. The molecule has 4 rings (SSSR count). The minimum absolute atomic E-state index is 0.0151. The number of rotatable bonds is 3. The molecule has 0 unspecified atom stereocenters. The van der Waals surface area contributed by atoms with Crippen molar-refractivity contribution in [1.82, 2.24) is 9.80 Å². The van der Waals surface area contributed by atoms with E-state index in [0.717, 1.165) is 43.5 Å². The van der Waals surface area contributed by atoms with E-state index in [9.17, 15) is 14.4 Å². The Labute approximate surface area is 179 Å². The minimum atomic E-state index is -0.284. The largest absolute Gasteiger partial charge is 0.342 e. The zero-order valence-electron chi connectivity index (χ0n) is 18.2. The number of carbonyl (C=O) groups excluding carboxylic acids is 3. The smallest absolute Gasteiger partial charge is 0.228 e. The molecule has 3 aliphatic heterocycles. The lowest BCUT2D eigenvalue weighted by atomic mass is 9.92. The Morgan fingerprint density at radius 2 is 1.60 bits per heavy atom. The summed E-state index contributed by atoms with van der Waals surface area (Å²) in [6, 6.07) is 8.20. The van der Waals surface area contributed by atoms with E-state index in [1.165, 1.54) is 6.42 Å². The predicted molar refractivity (Wildman–Crippen MR) is 116 cm³/mol. The lowest BCUT2D eigenvalue weighted by molar-refractivity contribution is -0.144. The van der Waals surface area contributed by atoms with Gasteiger partial charge in [-0.2, -0.15) is 0 Å². The van der Waals surface area contributed by atoms with Crippen LogP contribution in [0.25, 0.3) is 0 Å². The summed E-state index contributed by atoms with van der Waals surface area (Å²) in [5.74, 6) is 0.101. The van der Waals surface area contributed by atoms with Crippen LogP contribution in [0.2, 0.25) is 0 Å². The Morgan fingerprint density at radius 3 is 2.27 bits per heavy atom. The molecule has 0 spiro atoms. The topological polar surface area (TPSA) is 60.9 Å². The molecule has 0 bridgehead atoms. The van der Waals surface area contributed by atoms with Crippen LogP contribution in [0.3, 0.4) is 0 Å². The number of amides is 3. The molecule has 3 fully saturated rings. The van der Waals surface area contributed by atoms with Crippen molar-refractivity contribution in [3.05, 3.63) is 29.8 Å². The number of anilines is 1. The number of carbonyl (C=O) groups is 3. The molecule has 0 saturated carbocycles. The first-order chi connectivity index (χ1) is 14.4. The molecule has 3 heterocycles. The van der Waals surface area contributed by atoms with Crippen LogP contribution in [0.5, 0.6) is 0 Å². The van der Waals surface area contributed by atoms with Gasteiger partial charge in [0.05, 0.1) is 5.92 Å². The van der Waals surface area contributed by atoms with Crippen molar-refractivity contribution in [2.75, 3.05) is 31.1 Å². The molecule has 3 amide bonds. The highest BCUT2D eigenvalue weighted by molar-refractivity contribution is 6.00. The van der Waals surface area contributed by atoms with Gasteiger partial charge in [0.2, 0.25) is 17.7 Å². The summed E-state index contributed by atoms with van der Waals surface area (Å²) >= 11 is 0. The van der Waals surface area contributed by atoms with Gasteiger partial charge in [0.1, 0.15) is 0 Å². The molecule has 3 saturated heterocycles. The van der Waals surface area contributed by atoms with E-state index in [2.05, 4.69) is 11.8 Å². The number of hydrogen-bond donors (Lipinski definition) is 0. The number of aryl methyl sites for hydroxylation is 1. The van der Waals surface area contributed by atoms with Crippen LogP contribution in [-0.2, 0) is 14.4 Å². The number of piperidine rings is 2. The highest BCUT2D eigenvalue weighted by Gasteiger charge is 2.39. The van der Waals surface area contributed by atoms with Crippen molar-refractivity contribution in [3.63, 3.8) is 0 Å². The molecule has 0 aromatic heterocycles. The number of benzene rings is 1. The van der Waals surface area contributed by atoms with Crippen molar-refractivity contribution in [2.45, 2.75) is 58.4 Å².